The van der Waals surface area contributed by atoms with Gasteiger partial charge in [-0.3, -0.25) is 4.98 Å². The van der Waals surface area contributed by atoms with Gasteiger partial charge in [-0.05, 0) is 18.6 Å². The summed E-state index contributed by atoms with van der Waals surface area (Å²) in [6, 6.07) is 1.83. The van der Waals surface area contributed by atoms with Crippen LogP contribution >= 0.6 is 11.6 Å². The monoisotopic (exact) mass is 193 g/mol. The van der Waals surface area contributed by atoms with Crippen molar-refractivity contribution in [2.75, 3.05) is 0 Å². The number of aromatic nitrogens is 3. The zero-order valence-corrected chi connectivity index (χ0v) is 7.86. The topological polar surface area (TPSA) is 30.7 Å². The number of hydrogen-bond donors (Lipinski definition) is 0. The molecular weight excluding hydrogens is 186 g/mol. The van der Waals surface area contributed by atoms with Crippen LogP contribution in [0.2, 0.25) is 5.02 Å². The maximum atomic E-state index is 5.94. The fraction of sp³-hybridized carbons (Fsp3) is 0.111. The minimum absolute atomic E-state index is 0.602. The molecule has 0 saturated carbocycles. The Balaban J connectivity index is 2.52. The molecule has 0 aliphatic carbocycles. The van der Waals surface area contributed by atoms with Gasteiger partial charge in [0.2, 0.25) is 0 Å². The average Bonchev–Trinajstić information content (AvgIpc) is 2.53. The van der Waals surface area contributed by atoms with Crippen molar-refractivity contribution in [3.63, 3.8) is 0 Å². The van der Waals surface area contributed by atoms with Crippen LogP contribution in [0.3, 0.4) is 0 Å². The molecule has 0 aliphatic heterocycles. The van der Waals surface area contributed by atoms with Crippen molar-refractivity contribution < 1.29 is 0 Å². The van der Waals surface area contributed by atoms with E-state index in [9.17, 15) is 0 Å². The second-order valence-electron chi connectivity index (χ2n) is 2.79. The quantitative estimate of drug-likeness (QED) is 0.696. The summed E-state index contributed by atoms with van der Waals surface area (Å²) in [5.41, 5.74) is 1.96. The Morgan fingerprint density at radius 3 is 2.85 bits per heavy atom. The summed E-state index contributed by atoms with van der Waals surface area (Å²) >= 11 is 5.94. The summed E-state index contributed by atoms with van der Waals surface area (Å²) in [7, 11) is 0. The van der Waals surface area contributed by atoms with Crippen molar-refractivity contribution >= 4 is 11.6 Å². The van der Waals surface area contributed by atoms with Crippen LogP contribution in [0.5, 0.6) is 0 Å². The van der Waals surface area contributed by atoms with Crippen LogP contribution in [0.15, 0.2) is 30.9 Å². The highest BCUT2D eigenvalue weighted by molar-refractivity contribution is 6.32. The van der Waals surface area contributed by atoms with Gasteiger partial charge >= 0.3 is 0 Å². The largest absolute Gasteiger partial charge is 0.263 e. The fourth-order valence-corrected chi connectivity index (χ4v) is 1.30. The van der Waals surface area contributed by atoms with Gasteiger partial charge in [-0.1, -0.05) is 11.6 Å². The van der Waals surface area contributed by atoms with E-state index in [1.807, 2.05) is 19.2 Å². The predicted octanol–water partition coefficient (Wildman–Crippen LogP) is 2.23. The lowest BCUT2D eigenvalue weighted by Crippen LogP contribution is -1.95. The first-order chi connectivity index (χ1) is 6.27. The first-order valence-electron chi connectivity index (χ1n) is 3.88. The summed E-state index contributed by atoms with van der Waals surface area (Å²) in [5.74, 6) is 0. The first-order valence-corrected chi connectivity index (χ1v) is 4.26. The van der Waals surface area contributed by atoms with Crippen LogP contribution in [-0.4, -0.2) is 14.8 Å². The van der Waals surface area contributed by atoms with Gasteiger partial charge in [0, 0.05) is 18.6 Å². The third-order valence-electron chi connectivity index (χ3n) is 1.71. The molecule has 0 N–H and O–H groups in total. The zero-order valence-electron chi connectivity index (χ0n) is 7.11. The van der Waals surface area contributed by atoms with Gasteiger partial charge < -0.3 is 0 Å². The van der Waals surface area contributed by atoms with Crippen LogP contribution in [0, 0.1) is 6.92 Å². The third kappa shape index (κ3) is 1.55. The Morgan fingerprint density at radius 2 is 2.23 bits per heavy atom. The van der Waals surface area contributed by atoms with E-state index in [1.54, 1.807) is 23.3 Å². The molecular formula is C9H8ClN3. The second-order valence-corrected chi connectivity index (χ2v) is 3.20. The third-order valence-corrected chi connectivity index (χ3v) is 2.00. The molecule has 2 rings (SSSR count). The number of hydrogen-bond acceptors (Lipinski definition) is 2. The van der Waals surface area contributed by atoms with Crippen molar-refractivity contribution in [2.24, 2.45) is 0 Å². The molecule has 0 spiro atoms. The molecule has 0 unspecified atom stereocenters. The van der Waals surface area contributed by atoms with E-state index in [0.717, 1.165) is 11.3 Å². The molecule has 13 heavy (non-hydrogen) atoms. The minimum atomic E-state index is 0.602. The molecule has 0 radical (unpaired) electrons. The number of rotatable bonds is 1. The Morgan fingerprint density at radius 1 is 1.38 bits per heavy atom. The van der Waals surface area contributed by atoms with Gasteiger partial charge in [-0.25, -0.2) is 4.68 Å². The highest BCUT2D eigenvalue weighted by Gasteiger charge is 2.02. The molecule has 66 valence electrons. The number of halogens is 1. The van der Waals surface area contributed by atoms with Gasteiger partial charge in [0.15, 0.2) is 0 Å². The van der Waals surface area contributed by atoms with Crippen molar-refractivity contribution in [1.29, 1.82) is 0 Å². The van der Waals surface area contributed by atoms with E-state index in [4.69, 9.17) is 11.6 Å². The Bertz CT molecular complexity index is 422. The lowest BCUT2D eigenvalue weighted by atomic mass is 10.4. The van der Waals surface area contributed by atoms with Crippen LogP contribution in [0.1, 0.15) is 5.56 Å². The lowest BCUT2D eigenvalue weighted by Gasteiger charge is -2.01. The average molecular weight is 194 g/mol. The van der Waals surface area contributed by atoms with Gasteiger partial charge in [-0.2, -0.15) is 5.10 Å². The number of pyridine rings is 1. The summed E-state index contributed by atoms with van der Waals surface area (Å²) in [4.78, 5) is 3.90. The molecule has 2 aromatic rings. The summed E-state index contributed by atoms with van der Waals surface area (Å²) < 4.78 is 1.74. The summed E-state index contributed by atoms with van der Waals surface area (Å²) in [6.45, 7) is 1.98. The van der Waals surface area contributed by atoms with Crippen LogP contribution in [-0.2, 0) is 0 Å². The molecule has 0 aromatic carbocycles. The minimum Gasteiger partial charge on any atom is -0.263 e. The smallest absolute Gasteiger partial charge is 0.0862 e. The molecule has 2 aromatic heterocycles. The molecule has 0 fully saturated rings. The van der Waals surface area contributed by atoms with E-state index < -0.39 is 0 Å². The Kier molecular flexibility index (Phi) is 2.02. The van der Waals surface area contributed by atoms with Crippen molar-refractivity contribution in [3.05, 3.63) is 41.4 Å². The van der Waals surface area contributed by atoms with Crippen LogP contribution in [0.25, 0.3) is 5.69 Å². The van der Waals surface area contributed by atoms with Gasteiger partial charge in [0.05, 0.1) is 16.9 Å². The number of nitrogens with zero attached hydrogens (tertiary/aromatic N) is 3. The molecule has 0 bridgehead atoms. The van der Waals surface area contributed by atoms with Gasteiger partial charge in [0.1, 0.15) is 0 Å². The molecule has 2 heterocycles. The molecule has 3 nitrogen and oxygen atoms in total. The van der Waals surface area contributed by atoms with E-state index in [0.29, 0.717) is 5.02 Å². The summed E-state index contributed by atoms with van der Waals surface area (Å²) in [6.07, 6.45) is 7.00. The molecule has 0 amide bonds. The van der Waals surface area contributed by atoms with Crippen molar-refractivity contribution in [1.82, 2.24) is 14.8 Å². The lowest BCUT2D eigenvalue weighted by molar-refractivity contribution is 0.877. The fourth-order valence-electron chi connectivity index (χ4n) is 1.10. The molecule has 0 aliphatic rings. The van der Waals surface area contributed by atoms with E-state index in [1.165, 1.54) is 0 Å². The van der Waals surface area contributed by atoms with E-state index >= 15 is 0 Å². The second kappa shape index (κ2) is 3.18. The number of aryl methyl sites for hydroxylation is 1. The van der Waals surface area contributed by atoms with Gasteiger partial charge in [-0.15, -0.1) is 0 Å². The van der Waals surface area contributed by atoms with E-state index in [2.05, 4.69) is 10.1 Å². The van der Waals surface area contributed by atoms with Crippen molar-refractivity contribution in [2.45, 2.75) is 6.92 Å². The highest BCUT2D eigenvalue weighted by Crippen LogP contribution is 2.17. The SMILES string of the molecule is Cc1cnn(-c2ccncc2Cl)c1. The standard InChI is InChI=1S/C9H8ClN3/c1-7-4-12-13(6-7)9-2-3-11-5-8(9)10/h2-6H,1H3. The Hall–Kier alpha value is -1.35. The van der Waals surface area contributed by atoms with Crippen LogP contribution < -0.4 is 0 Å². The predicted molar refractivity (Wildman–Crippen MR) is 51.1 cm³/mol. The molecule has 0 atom stereocenters. The Labute approximate surface area is 81.0 Å². The summed E-state index contributed by atoms with van der Waals surface area (Å²) in [5, 5.41) is 4.75. The van der Waals surface area contributed by atoms with E-state index in [-0.39, 0.29) is 0 Å². The maximum absolute atomic E-state index is 5.94. The highest BCUT2D eigenvalue weighted by atomic mass is 35.5. The van der Waals surface area contributed by atoms with Crippen molar-refractivity contribution in [3.8, 4) is 5.69 Å². The normalized spacial score (nSPS) is 10.3. The molecule has 0 saturated heterocycles. The van der Waals surface area contributed by atoms with Gasteiger partial charge in [0.25, 0.3) is 0 Å². The zero-order chi connectivity index (χ0) is 9.26. The first kappa shape index (κ1) is 8.26. The maximum Gasteiger partial charge on any atom is 0.0862 e. The van der Waals surface area contributed by atoms with Crippen LogP contribution in [0.4, 0.5) is 0 Å². The molecule has 4 heteroatoms.